The molecule has 48 heavy (non-hydrogen) atoms. The first-order valence-corrected chi connectivity index (χ1v) is 18.8. The molecule has 0 spiro atoms. The minimum Gasteiger partial charge on any atom is -0.457 e. The van der Waals surface area contributed by atoms with Gasteiger partial charge in [-0.05, 0) is 38.5 Å². The normalized spacial score (nSPS) is 22.8. The highest BCUT2D eigenvalue weighted by Gasteiger charge is 2.48. The molecule has 0 radical (unpaired) electrons. The molecule has 0 saturated carbocycles. The van der Waals surface area contributed by atoms with Crippen LogP contribution in [0.1, 0.15) is 104 Å². The van der Waals surface area contributed by atoms with E-state index < -0.39 is 59.8 Å². The molecule has 13 heteroatoms. The van der Waals surface area contributed by atoms with Crippen LogP contribution in [0, 0.1) is 0 Å². The molecule has 1 rings (SSSR count). The molecular formula is C35H60O12S. The van der Waals surface area contributed by atoms with Gasteiger partial charge in [-0.25, -0.2) is 4.18 Å². The smallest absolute Gasteiger partial charge is 0.397 e. The van der Waals surface area contributed by atoms with Crippen LogP contribution in [0.15, 0.2) is 48.6 Å². The van der Waals surface area contributed by atoms with E-state index in [1.165, 1.54) is 32.1 Å². The number of rotatable bonds is 28. The van der Waals surface area contributed by atoms with Gasteiger partial charge >= 0.3 is 16.4 Å². The molecule has 0 bridgehead atoms. The number of unbranched alkanes of at least 4 members (excludes halogenated alkanes) is 7. The minimum absolute atomic E-state index is 0.00598. The molecule has 1 heterocycles. The fourth-order valence-corrected chi connectivity index (χ4v) is 5.37. The molecule has 6 unspecified atom stereocenters. The number of hydrogen-bond donors (Lipinski definition) is 4. The maximum Gasteiger partial charge on any atom is 0.397 e. The van der Waals surface area contributed by atoms with Gasteiger partial charge in [0.25, 0.3) is 0 Å². The molecule has 1 aliphatic heterocycles. The first-order chi connectivity index (χ1) is 23.1. The molecule has 1 saturated heterocycles. The summed E-state index contributed by atoms with van der Waals surface area (Å²) in [6, 6.07) is 0. The number of aliphatic hydroxyl groups is 3. The van der Waals surface area contributed by atoms with E-state index in [9.17, 15) is 28.5 Å². The van der Waals surface area contributed by atoms with Gasteiger partial charge < -0.3 is 34.3 Å². The van der Waals surface area contributed by atoms with Crippen LogP contribution in [0.2, 0.25) is 0 Å². The topological polar surface area (TPSA) is 178 Å². The van der Waals surface area contributed by atoms with Gasteiger partial charge in [0, 0.05) is 13.0 Å². The second kappa shape index (κ2) is 27.8. The lowest BCUT2D eigenvalue weighted by molar-refractivity contribution is -0.301. The number of carbonyl (C=O) groups excluding carboxylic acids is 1. The largest absolute Gasteiger partial charge is 0.457 e. The third-order valence-electron chi connectivity index (χ3n) is 7.48. The Morgan fingerprint density at radius 2 is 1.40 bits per heavy atom. The van der Waals surface area contributed by atoms with Crippen molar-refractivity contribution in [3.63, 3.8) is 0 Å². The number of esters is 1. The lowest BCUT2D eigenvalue weighted by atomic mass is 9.99. The number of allylic oxidation sites excluding steroid dienone is 8. The molecule has 0 aromatic heterocycles. The Bertz CT molecular complexity index is 1040. The summed E-state index contributed by atoms with van der Waals surface area (Å²) in [5, 5.41) is 30.4. The second-order valence-corrected chi connectivity index (χ2v) is 12.8. The first-order valence-electron chi connectivity index (χ1n) is 17.4. The zero-order chi connectivity index (χ0) is 35.5. The Kier molecular flexibility index (Phi) is 25.6. The van der Waals surface area contributed by atoms with Crippen LogP contribution in [0.3, 0.4) is 0 Å². The summed E-state index contributed by atoms with van der Waals surface area (Å²) in [5.41, 5.74) is 0. The Morgan fingerprint density at radius 3 is 1.98 bits per heavy atom. The molecule has 12 nitrogen and oxygen atoms in total. The van der Waals surface area contributed by atoms with Crippen molar-refractivity contribution >= 4 is 16.4 Å². The highest BCUT2D eigenvalue weighted by atomic mass is 32.3. The van der Waals surface area contributed by atoms with Gasteiger partial charge in [0.2, 0.25) is 0 Å². The molecule has 0 amide bonds. The van der Waals surface area contributed by atoms with E-state index in [0.717, 1.165) is 44.9 Å². The van der Waals surface area contributed by atoms with Crippen LogP contribution < -0.4 is 0 Å². The predicted molar refractivity (Wildman–Crippen MR) is 183 cm³/mol. The van der Waals surface area contributed by atoms with Gasteiger partial charge in [-0.2, -0.15) is 8.42 Å². The van der Waals surface area contributed by atoms with E-state index in [0.29, 0.717) is 13.0 Å². The third-order valence-corrected chi connectivity index (χ3v) is 7.94. The summed E-state index contributed by atoms with van der Waals surface area (Å²) in [6.07, 6.45) is 20.5. The van der Waals surface area contributed by atoms with Gasteiger partial charge in [-0.15, -0.1) is 0 Å². The van der Waals surface area contributed by atoms with Crippen LogP contribution in [0.5, 0.6) is 0 Å². The Balaban J connectivity index is 2.62. The summed E-state index contributed by atoms with van der Waals surface area (Å²) < 4.78 is 58.4. The zero-order valence-electron chi connectivity index (χ0n) is 28.8. The Morgan fingerprint density at radius 1 is 0.812 bits per heavy atom. The quantitative estimate of drug-likeness (QED) is 0.0359. The fourth-order valence-electron chi connectivity index (χ4n) is 4.86. The summed E-state index contributed by atoms with van der Waals surface area (Å²) in [6.45, 7) is 3.70. The Hall–Kier alpha value is -1.94. The van der Waals surface area contributed by atoms with E-state index in [-0.39, 0.29) is 19.6 Å². The van der Waals surface area contributed by atoms with E-state index in [1.807, 2.05) is 12.2 Å². The molecule has 6 atom stereocenters. The third kappa shape index (κ3) is 21.9. The summed E-state index contributed by atoms with van der Waals surface area (Å²) in [7, 11) is -5.06. The van der Waals surface area contributed by atoms with Crippen molar-refractivity contribution in [1.82, 2.24) is 0 Å². The molecule has 0 aromatic rings. The molecular weight excluding hydrogens is 644 g/mol. The summed E-state index contributed by atoms with van der Waals surface area (Å²) >= 11 is 0. The monoisotopic (exact) mass is 704 g/mol. The molecule has 0 aliphatic carbocycles. The van der Waals surface area contributed by atoms with E-state index >= 15 is 0 Å². The van der Waals surface area contributed by atoms with E-state index in [2.05, 4.69) is 54.5 Å². The second-order valence-electron chi connectivity index (χ2n) is 11.7. The van der Waals surface area contributed by atoms with Gasteiger partial charge in [-0.1, -0.05) is 107 Å². The number of hydrogen-bond acceptors (Lipinski definition) is 11. The highest BCUT2D eigenvalue weighted by Crippen LogP contribution is 2.26. The van der Waals surface area contributed by atoms with Crippen molar-refractivity contribution in [1.29, 1.82) is 0 Å². The lowest BCUT2D eigenvalue weighted by Gasteiger charge is -2.41. The van der Waals surface area contributed by atoms with Gasteiger partial charge in [-0.3, -0.25) is 9.35 Å². The summed E-state index contributed by atoms with van der Waals surface area (Å²) in [4.78, 5) is 12.6. The standard InChI is InChI=1S/C35H60O12S/c1-3-5-7-9-11-13-14-15-16-17-18-20-22-24-31(37)45-29(27-43-25-23-21-19-12-10-8-6-4-2)28-44-35-33(39)34(47-48(40,41)42)32(38)30(26-36)46-35/h5,7,11,13,15-16,18,20,29-30,32-36,38-39H,3-4,6,8-10,12,14,17,19,21-28H2,1-2H3,(H,40,41,42)/b7-5-,13-11-,16-15-,20-18-. The minimum atomic E-state index is -5.06. The van der Waals surface area contributed by atoms with Crippen LogP contribution in [-0.2, 0) is 38.3 Å². The molecule has 1 aliphatic rings. The first kappa shape index (κ1) is 44.1. The molecule has 278 valence electrons. The van der Waals surface area contributed by atoms with Crippen molar-refractivity contribution in [3.05, 3.63) is 48.6 Å². The average Bonchev–Trinajstić information content (AvgIpc) is 3.05. The maximum absolute atomic E-state index is 12.6. The van der Waals surface area contributed by atoms with Crippen LogP contribution in [-0.4, -0.2) is 97.5 Å². The van der Waals surface area contributed by atoms with Crippen molar-refractivity contribution in [2.45, 2.75) is 141 Å². The van der Waals surface area contributed by atoms with E-state index in [1.54, 1.807) is 0 Å². The molecule has 0 aromatic carbocycles. The number of ether oxygens (including phenoxy) is 4. The zero-order valence-corrected chi connectivity index (χ0v) is 29.6. The summed E-state index contributed by atoms with van der Waals surface area (Å²) in [5.74, 6) is -0.483. The molecule has 1 fully saturated rings. The van der Waals surface area contributed by atoms with Crippen LogP contribution >= 0.6 is 0 Å². The van der Waals surface area contributed by atoms with Gasteiger partial charge in [0.15, 0.2) is 6.29 Å². The van der Waals surface area contributed by atoms with Crippen molar-refractivity contribution < 1.29 is 56.2 Å². The van der Waals surface area contributed by atoms with Crippen molar-refractivity contribution in [2.75, 3.05) is 26.4 Å². The van der Waals surface area contributed by atoms with Crippen LogP contribution in [0.25, 0.3) is 0 Å². The number of aliphatic hydroxyl groups excluding tert-OH is 3. The maximum atomic E-state index is 12.6. The van der Waals surface area contributed by atoms with Crippen molar-refractivity contribution in [3.8, 4) is 0 Å². The average molecular weight is 705 g/mol. The fraction of sp³-hybridized carbons (Fsp3) is 0.743. The van der Waals surface area contributed by atoms with Crippen molar-refractivity contribution in [2.24, 2.45) is 0 Å². The SMILES string of the molecule is CC/C=C\C/C=C\C/C=C\C/C=C\CCC(=O)OC(COCCCCCCCCCC)COC1OC(CO)C(O)C(OS(=O)(=O)O)C1O. The number of carbonyl (C=O) groups is 1. The molecule has 4 N–H and O–H groups in total. The van der Waals surface area contributed by atoms with E-state index in [4.69, 9.17) is 23.5 Å². The highest BCUT2D eigenvalue weighted by molar-refractivity contribution is 7.80. The van der Waals surface area contributed by atoms with Gasteiger partial charge in [0.05, 0.1) is 19.8 Å². The predicted octanol–water partition coefficient (Wildman–Crippen LogP) is 5.28. The lowest BCUT2D eigenvalue weighted by Crippen LogP contribution is -2.60. The van der Waals surface area contributed by atoms with Crippen LogP contribution in [0.4, 0.5) is 0 Å². The van der Waals surface area contributed by atoms with Gasteiger partial charge in [0.1, 0.15) is 30.5 Å². The Labute approximate surface area is 287 Å².